The third kappa shape index (κ3) is 2.73. The second-order valence-corrected chi connectivity index (χ2v) is 7.45. The van der Waals surface area contributed by atoms with E-state index in [-0.39, 0.29) is 6.04 Å². The van der Waals surface area contributed by atoms with Crippen LogP contribution < -0.4 is 4.90 Å². The average Bonchev–Trinajstić information content (AvgIpc) is 2.94. The van der Waals surface area contributed by atoms with Gasteiger partial charge in [0.25, 0.3) is 0 Å². The highest BCUT2D eigenvalue weighted by Gasteiger charge is 2.29. The van der Waals surface area contributed by atoms with Crippen molar-refractivity contribution in [3.63, 3.8) is 0 Å². The van der Waals surface area contributed by atoms with Crippen LogP contribution >= 0.6 is 0 Å². The summed E-state index contributed by atoms with van der Waals surface area (Å²) in [6.45, 7) is 1.11. The Morgan fingerprint density at radius 2 is 2.24 bits per heavy atom. The van der Waals surface area contributed by atoms with Crippen LogP contribution in [0.1, 0.15) is 12.8 Å². The van der Waals surface area contributed by atoms with Crippen LogP contribution in [0.2, 0.25) is 0 Å². The second kappa shape index (κ2) is 5.27. The Morgan fingerprint density at radius 1 is 1.43 bits per heavy atom. The third-order valence-corrected chi connectivity index (χ3v) is 5.31. The lowest BCUT2D eigenvalue weighted by molar-refractivity contribution is 0.312. The van der Waals surface area contributed by atoms with E-state index in [1.807, 2.05) is 19.3 Å². The van der Waals surface area contributed by atoms with E-state index in [9.17, 15) is 8.42 Å². The molecule has 3 rings (SSSR count). The van der Waals surface area contributed by atoms with E-state index in [4.69, 9.17) is 0 Å². The molecule has 3 heterocycles. The van der Waals surface area contributed by atoms with E-state index in [2.05, 4.69) is 19.9 Å². The molecular formula is C13H19N5O2S. The number of nitrogens with zero attached hydrogens (tertiary/aromatic N) is 4. The Labute approximate surface area is 124 Å². The maximum absolute atomic E-state index is 11.7. The molecule has 0 aliphatic carbocycles. The maximum atomic E-state index is 11.7. The molecule has 1 atom stereocenters. The Bertz CT molecular complexity index is 742. The summed E-state index contributed by atoms with van der Waals surface area (Å²) in [5.41, 5.74) is 0.794. The summed E-state index contributed by atoms with van der Waals surface area (Å²) in [4.78, 5) is 13.7. The van der Waals surface area contributed by atoms with Gasteiger partial charge in [0.1, 0.15) is 17.8 Å². The van der Waals surface area contributed by atoms with E-state index < -0.39 is 10.0 Å². The molecule has 2 aromatic rings. The van der Waals surface area contributed by atoms with Crippen LogP contribution in [0, 0.1) is 0 Å². The highest BCUT2D eigenvalue weighted by molar-refractivity contribution is 7.88. The first kappa shape index (κ1) is 14.3. The van der Waals surface area contributed by atoms with Crippen LogP contribution in [-0.4, -0.2) is 60.1 Å². The first-order valence-electron chi connectivity index (χ1n) is 6.93. The molecule has 1 saturated heterocycles. The molecule has 0 saturated carbocycles. The minimum absolute atomic E-state index is 0.126. The predicted molar refractivity (Wildman–Crippen MR) is 81.7 cm³/mol. The zero-order valence-electron chi connectivity index (χ0n) is 12.2. The van der Waals surface area contributed by atoms with Crippen molar-refractivity contribution in [2.24, 2.45) is 0 Å². The number of aromatic amines is 1. The smallest absolute Gasteiger partial charge is 0.211 e. The molecule has 1 aliphatic rings. The lowest BCUT2D eigenvalue weighted by atomic mass is 10.1. The summed E-state index contributed by atoms with van der Waals surface area (Å²) >= 11 is 0. The summed E-state index contributed by atoms with van der Waals surface area (Å²) in [7, 11) is -1.17. The zero-order valence-corrected chi connectivity index (χ0v) is 13.0. The second-order valence-electron chi connectivity index (χ2n) is 5.47. The van der Waals surface area contributed by atoms with E-state index in [1.54, 1.807) is 4.31 Å². The standard InChI is InChI=1S/C13H19N5O2S/c1-17(10-4-3-7-18(8-10)21(2,19)20)13-11-5-6-14-12(11)15-9-16-13/h5-6,9-10H,3-4,7-8H2,1-2H3,(H,14,15,16)/t10-/m1/s1. The first-order chi connectivity index (χ1) is 9.97. The molecular weight excluding hydrogens is 290 g/mol. The SMILES string of the molecule is CN(c1ncnc2[nH]ccc12)[C@@H]1CCCN(S(C)(=O)=O)C1. The van der Waals surface area contributed by atoms with Gasteiger partial charge in [-0.15, -0.1) is 0 Å². The van der Waals surface area contributed by atoms with E-state index in [0.29, 0.717) is 13.1 Å². The third-order valence-electron chi connectivity index (χ3n) is 4.04. The largest absolute Gasteiger partial charge is 0.355 e. The Morgan fingerprint density at radius 3 is 3.00 bits per heavy atom. The van der Waals surface area contributed by atoms with Crippen LogP contribution in [0.5, 0.6) is 0 Å². The average molecular weight is 309 g/mol. The van der Waals surface area contributed by atoms with E-state index >= 15 is 0 Å². The van der Waals surface area contributed by atoms with Crippen molar-refractivity contribution in [2.45, 2.75) is 18.9 Å². The van der Waals surface area contributed by atoms with Gasteiger partial charge in [0.05, 0.1) is 11.6 Å². The number of rotatable bonds is 3. The molecule has 2 aromatic heterocycles. The van der Waals surface area contributed by atoms with Crippen LogP contribution in [0.25, 0.3) is 11.0 Å². The number of sulfonamides is 1. The topological polar surface area (TPSA) is 82.2 Å². The number of anilines is 1. The molecule has 0 spiro atoms. The van der Waals surface area contributed by atoms with Gasteiger partial charge in [-0.3, -0.25) is 0 Å². The van der Waals surface area contributed by atoms with Gasteiger partial charge in [-0.1, -0.05) is 0 Å². The van der Waals surface area contributed by atoms with Gasteiger partial charge >= 0.3 is 0 Å². The summed E-state index contributed by atoms with van der Waals surface area (Å²) in [6.07, 6.45) is 6.45. The fourth-order valence-electron chi connectivity index (χ4n) is 2.85. The van der Waals surface area contributed by atoms with Gasteiger partial charge in [-0.2, -0.15) is 0 Å². The monoisotopic (exact) mass is 309 g/mol. The normalized spacial score (nSPS) is 20.8. The molecule has 0 bridgehead atoms. The highest BCUT2D eigenvalue weighted by Crippen LogP contribution is 2.26. The van der Waals surface area contributed by atoms with Gasteiger partial charge in [0, 0.05) is 32.4 Å². The van der Waals surface area contributed by atoms with Crippen molar-refractivity contribution in [3.05, 3.63) is 18.6 Å². The summed E-state index contributed by atoms with van der Waals surface area (Å²) in [6, 6.07) is 2.07. The van der Waals surface area contributed by atoms with Gasteiger partial charge < -0.3 is 9.88 Å². The van der Waals surface area contributed by atoms with Gasteiger partial charge in [0.2, 0.25) is 10.0 Å². The van der Waals surface area contributed by atoms with Crippen LogP contribution in [-0.2, 0) is 10.0 Å². The van der Waals surface area contributed by atoms with Crippen LogP contribution in [0.4, 0.5) is 5.82 Å². The van der Waals surface area contributed by atoms with Crippen molar-refractivity contribution in [3.8, 4) is 0 Å². The van der Waals surface area contributed by atoms with Crippen molar-refractivity contribution in [1.29, 1.82) is 0 Å². The lowest BCUT2D eigenvalue weighted by Gasteiger charge is -2.37. The molecule has 0 aromatic carbocycles. The molecule has 21 heavy (non-hydrogen) atoms. The van der Waals surface area contributed by atoms with E-state index in [0.717, 1.165) is 29.7 Å². The molecule has 1 N–H and O–H groups in total. The van der Waals surface area contributed by atoms with Crippen molar-refractivity contribution in [1.82, 2.24) is 19.3 Å². The summed E-state index contributed by atoms with van der Waals surface area (Å²) in [5.74, 6) is 0.835. The van der Waals surface area contributed by atoms with Crippen LogP contribution in [0.3, 0.4) is 0 Å². The highest BCUT2D eigenvalue weighted by atomic mass is 32.2. The number of nitrogens with one attached hydrogen (secondary N) is 1. The lowest BCUT2D eigenvalue weighted by Crippen LogP contribution is -2.48. The fourth-order valence-corrected chi connectivity index (χ4v) is 3.75. The van der Waals surface area contributed by atoms with Gasteiger partial charge in [-0.05, 0) is 18.9 Å². The Kier molecular flexibility index (Phi) is 3.58. The Hall–Kier alpha value is -1.67. The summed E-state index contributed by atoms with van der Waals surface area (Å²) < 4.78 is 25.0. The summed E-state index contributed by atoms with van der Waals surface area (Å²) in [5, 5.41) is 0.955. The molecule has 8 heteroatoms. The first-order valence-corrected chi connectivity index (χ1v) is 8.77. The predicted octanol–water partition coefficient (Wildman–Crippen LogP) is 0.818. The molecule has 0 radical (unpaired) electrons. The number of hydrogen-bond donors (Lipinski definition) is 1. The molecule has 0 unspecified atom stereocenters. The zero-order chi connectivity index (χ0) is 15.0. The van der Waals surface area contributed by atoms with Crippen molar-refractivity contribution >= 4 is 26.9 Å². The number of aromatic nitrogens is 3. The molecule has 1 aliphatic heterocycles. The molecule has 1 fully saturated rings. The number of fused-ring (bicyclic) bond motifs is 1. The van der Waals surface area contributed by atoms with Gasteiger partial charge in [-0.25, -0.2) is 22.7 Å². The molecule has 114 valence electrons. The maximum Gasteiger partial charge on any atom is 0.211 e. The van der Waals surface area contributed by atoms with Crippen molar-refractivity contribution < 1.29 is 8.42 Å². The molecule has 0 amide bonds. The number of hydrogen-bond acceptors (Lipinski definition) is 5. The van der Waals surface area contributed by atoms with E-state index in [1.165, 1.54) is 12.6 Å². The molecule has 7 nitrogen and oxygen atoms in total. The number of piperidine rings is 1. The number of H-pyrrole nitrogens is 1. The minimum atomic E-state index is -3.14. The minimum Gasteiger partial charge on any atom is -0.355 e. The van der Waals surface area contributed by atoms with Crippen LogP contribution in [0.15, 0.2) is 18.6 Å². The van der Waals surface area contributed by atoms with Crippen molar-refractivity contribution in [2.75, 3.05) is 31.3 Å². The number of likely N-dealkylation sites (N-methyl/N-ethyl adjacent to an activating group) is 1. The fraction of sp³-hybridized carbons (Fsp3) is 0.538. The quantitative estimate of drug-likeness (QED) is 0.907. The Balaban J connectivity index is 1.88. The van der Waals surface area contributed by atoms with Gasteiger partial charge in [0.15, 0.2) is 0 Å².